The Hall–Kier alpha value is -3.17. The van der Waals surface area contributed by atoms with E-state index in [1.807, 2.05) is 0 Å². The molecule has 1 saturated heterocycles. The number of imide groups is 1. The summed E-state index contributed by atoms with van der Waals surface area (Å²) in [4.78, 5) is 36.2. The van der Waals surface area contributed by atoms with Crippen molar-refractivity contribution in [3.63, 3.8) is 0 Å². The molecule has 0 N–H and O–H groups in total. The second kappa shape index (κ2) is 9.35. The van der Waals surface area contributed by atoms with Gasteiger partial charge in [0.25, 0.3) is 16.8 Å². The number of nitro groups is 1. The van der Waals surface area contributed by atoms with Gasteiger partial charge >= 0.3 is 0 Å². The molecule has 0 unspecified atom stereocenters. The van der Waals surface area contributed by atoms with Crippen molar-refractivity contribution in [1.29, 1.82) is 0 Å². The molecule has 0 aliphatic carbocycles. The monoisotopic (exact) mass is 414 g/mol. The lowest BCUT2D eigenvalue weighted by molar-refractivity contribution is -0.384. The number of thioether (sulfide) groups is 1. The highest BCUT2D eigenvalue weighted by Crippen LogP contribution is 2.32. The van der Waals surface area contributed by atoms with Crippen molar-refractivity contribution < 1.29 is 24.0 Å². The SMILES string of the molecule is COCCN1C(=O)S/C(=C/c2ccc(OCc3cccc([N+](=O)[O-])c3)cc2)C1=O. The lowest BCUT2D eigenvalue weighted by atomic mass is 10.2. The third-order valence-corrected chi connectivity index (χ3v) is 5.00. The summed E-state index contributed by atoms with van der Waals surface area (Å²) in [5.41, 5.74) is 1.46. The zero-order chi connectivity index (χ0) is 20.8. The van der Waals surface area contributed by atoms with Gasteiger partial charge < -0.3 is 9.47 Å². The van der Waals surface area contributed by atoms with Crippen LogP contribution in [0.2, 0.25) is 0 Å². The van der Waals surface area contributed by atoms with Crippen molar-refractivity contribution >= 4 is 34.7 Å². The minimum absolute atomic E-state index is 0.0147. The molecule has 2 aromatic carbocycles. The summed E-state index contributed by atoms with van der Waals surface area (Å²) >= 11 is 0.899. The van der Waals surface area contributed by atoms with E-state index in [-0.39, 0.29) is 30.0 Å². The van der Waals surface area contributed by atoms with Gasteiger partial charge in [-0.2, -0.15) is 0 Å². The minimum Gasteiger partial charge on any atom is -0.489 e. The largest absolute Gasteiger partial charge is 0.489 e. The van der Waals surface area contributed by atoms with Crippen molar-refractivity contribution in [2.75, 3.05) is 20.3 Å². The van der Waals surface area contributed by atoms with Gasteiger partial charge in [0.15, 0.2) is 0 Å². The van der Waals surface area contributed by atoms with Gasteiger partial charge in [-0.3, -0.25) is 24.6 Å². The number of methoxy groups -OCH3 is 1. The molecule has 9 heteroatoms. The first-order valence-electron chi connectivity index (χ1n) is 8.68. The Labute approximate surface area is 171 Å². The van der Waals surface area contributed by atoms with Crippen LogP contribution < -0.4 is 4.74 Å². The smallest absolute Gasteiger partial charge is 0.293 e. The van der Waals surface area contributed by atoms with Crippen molar-refractivity contribution in [2.45, 2.75) is 6.61 Å². The number of hydrogen-bond acceptors (Lipinski definition) is 7. The number of non-ortho nitro benzene ring substituents is 1. The molecule has 1 heterocycles. The third-order valence-electron chi connectivity index (χ3n) is 4.10. The van der Waals surface area contributed by atoms with Crippen LogP contribution >= 0.6 is 11.8 Å². The van der Waals surface area contributed by atoms with Crippen LogP contribution in [0.15, 0.2) is 53.4 Å². The highest BCUT2D eigenvalue weighted by Gasteiger charge is 2.34. The van der Waals surface area contributed by atoms with E-state index in [1.54, 1.807) is 42.5 Å². The van der Waals surface area contributed by atoms with Gasteiger partial charge in [0.05, 0.1) is 23.0 Å². The summed E-state index contributed by atoms with van der Waals surface area (Å²) in [6.07, 6.45) is 1.65. The van der Waals surface area contributed by atoms with Gasteiger partial charge in [-0.05, 0) is 41.1 Å². The fraction of sp³-hybridized carbons (Fsp3) is 0.200. The van der Waals surface area contributed by atoms with E-state index in [1.165, 1.54) is 19.2 Å². The van der Waals surface area contributed by atoms with Crippen LogP contribution in [-0.2, 0) is 16.1 Å². The fourth-order valence-electron chi connectivity index (χ4n) is 2.61. The Kier molecular flexibility index (Phi) is 6.63. The molecule has 1 fully saturated rings. The number of amides is 2. The molecule has 0 atom stereocenters. The van der Waals surface area contributed by atoms with Crippen LogP contribution in [0.1, 0.15) is 11.1 Å². The van der Waals surface area contributed by atoms with E-state index in [9.17, 15) is 19.7 Å². The molecule has 29 heavy (non-hydrogen) atoms. The van der Waals surface area contributed by atoms with Crippen molar-refractivity contribution in [3.8, 4) is 5.75 Å². The molecule has 0 bridgehead atoms. The number of hydrogen-bond donors (Lipinski definition) is 0. The van der Waals surface area contributed by atoms with Crippen LogP contribution in [0.25, 0.3) is 6.08 Å². The molecule has 2 aromatic rings. The topological polar surface area (TPSA) is 99.0 Å². The summed E-state index contributed by atoms with van der Waals surface area (Å²) in [6.45, 7) is 0.713. The van der Waals surface area contributed by atoms with Crippen molar-refractivity contribution in [1.82, 2.24) is 4.90 Å². The van der Waals surface area contributed by atoms with E-state index < -0.39 is 4.92 Å². The van der Waals surface area contributed by atoms with Crippen LogP contribution in [0.4, 0.5) is 10.5 Å². The molecule has 0 aromatic heterocycles. The second-order valence-corrected chi connectivity index (χ2v) is 7.10. The standard InChI is InChI=1S/C20H18N2O6S/c1-27-10-9-21-19(23)18(29-20(21)24)12-14-5-7-17(8-6-14)28-13-15-3-2-4-16(11-15)22(25)26/h2-8,11-12H,9-10,13H2,1H3/b18-12+. The van der Waals surface area contributed by atoms with Crippen molar-refractivity contribution in [3.05, 3.63) is 74.7 Å². The highest BCUT2D eigenvalue weighted by atomic mass is 32.2. The molecule has 0 saturated carbocycles. The highest BCUT2D eigenvalue weighted by molar-refractivity contribution is 8.18. The van der Waals surface area contributed by atoms with E-state index in [4.69, 9.17) is 9.47 Å². The number of nitrogens with zero attached hydrogens (tertiary/aromatic N) is 2. The molecule has 3 rings (SSSR count). The van der Waals surface area contributed by atoms with Crippen LogP contribution in [0.5, 0.6) is 5.75 Å². The Morgan fingerprint density at radius 1 is 1.17 bits per heavy atom. The normalized spacial score (nSPS) is 15.2. The minimum atomic E-state index is -0.449. The maximum atomic E-state index is 12.3. The van der Waals surface area contributed by atoms with Gasteiger partial charge in [-0.15, -0.1) is 0 Å². The first-order valence-corrected chi connectivity index (χ1v) is 9.50. The van der Waals surface area contributed by atoms with Gasteiger partial charge in [0.2, 0.25) is 0 Å². The molecule has 0 spiro atoms. The number of ether oxygens (including phenoxy) is 2. The predicted molar refractivity (Wildman–Crippen MR) is 108 cm³/mol. The number of nitro benzene ring substituents is 1. The molecule has 1 aliphatic rings. The maximum absolute atomic E-state index is 12.3. The average Bonchev–Trinajstić information content (AvgIpc) is 2.98. The molecule has 1 aliphatic heterocycles. The predicted octanol–water partition coefficient (Wildman–Crippen LogP) is 3.86. The Morgan fingerprint density at radius 3 is 2.62 bits per heavy atom. The average molecular weight is 414 g/mol. The summed E-state index contributed by atoms with van der Waals surface area (Å²) in [7, 11) is 1.51. The first-order chi connectivity index (χ1) is 14.0. The lowest BCUT2D eigenvalue weighted by Gasteiger charge is -2.10. The summed E-state index contributed by atoms with van der Waals surface area (Å²) in [5.74, 6) is 0.255. The number of carbonyl (C=O) groups excluding carboxylic acids is 2. The maximum Gasteiger partial charge on any atom is 0.293 e. The first kappa shape index (κ1) is 20.6. The molecular formula is C20H18N2O6S. The van der Waals surface area contributed by atoms with E-state index in [2.05, 4.69) is 0 Å². The van der Waals surface area contributed by atoms with E-state index >= 15 is 0 Å². The fourth-order valence-corrected chi connectivity index (χ4v) is 3.48. The Morgan fingerprint density at radius 2 is 1.93 bits per heavy atom. The molecule has 2 amide bonds. The zero-order valence-corrected chi connectivity index (χ0v) is 16.4. The molecular weight excluding hydrogens is 396 g/mol. The quantitative estimate of drug-likeness (QED) is 0.367. The van der Waals surface area contributed by atoms with Gasteiger partial charge in [-0.1, -0.05) is 24.3 Å². The summed E-state index contributed by atoms with van der Waals surface area (Å²) in [6, 6.07) is 13.3. The van der Waals surface area contributed by atoms with Crippen LogP contribution in [0.3, 0.4) is 0 Å². The number of rotatable bonds is 8. The molecule has 150 valence electrons. The summed E-state index contributed by atoms with van der Waals surface area (Å²) in [5, 5.41) is 10.5. The van der Waals surface area contributed by atoms with Crippen LogP contribution in [-0.4, -0.2) is 41.2 Å². The van der Waals surface area contributed by atoms with Crippen molar-refractivity contribution in [2.24, 2.45) is 0 Å². The van der Waals surface area contributed by atoms with Gasteiger partial charge in [0, 0.05) is 19.2 Å². The second-order valence-electron chi connectivity index (χ2n) is 6.11. The zero-order valence-electron chi connectivity index (χ0n) is 15.6. The number of benzene rings is 2. The third kappa shape index (κ3) is 5.21. The molecule has 8 nitrogen and oxygen atoms in total. The lowest BCUT2D eigenvalue weighted by Crippen LogP contribution is -2.31. The molecule has 0 radical (unpaired) electrons. The van der Waals surface area contributed by atoms with Crippen LogP contribution in [0, 0.1) is 10.1 Å². The Bertz CT molecular complexity index is 958. The number of carbonyl (C=O) groups is 2. The summed E-state index contributed by atoms with van der Waals surface area (Å²) < 4.78 is 10.6. The van der Waals surface area contributed by atoms with E-state index in [0.29, 0.717) is 22.8 Å². The van der Waals surface area contributed by atoms with E-state index in [0.717, 1.165) is 22.2 Å². The Balaban J connectivity index is 1.62. The van der Waals surface area contributed by atoms with Gasteiger partial charge in [-0.25, -0.2) is 0 Å². The van der Waals surface area contributed by atoms with Gasteiger partial charge in [0.1, 0.15) is 12.4 Å².